The molecule has 0 rings (SSSR count). The molecule has 1 N–H and O–H groups in total. The Hall–Kier alpha value is 0.620. The Morgan fingerprint density at radius 1 is 0.500 bits per heavy atom. The number of aliphatic hydroxyl groups is 1. The minimum Gasteiger partial charge on any atom is -0.396 e. The van der Waals surface area contributed by atoms with E-state index in [9.17, 15) is 0 Å². The molecule has 0 amide bonds. The van der Waals surface area contributed by atoms with Crippen LogP contribution in [-0.2, 0) is 13.6 Å². The van der Waals surface area contributed by atoms with Gasteiger partial charge in [0, 0.05) is 5.75 Å². The maximum atomic E-state index is 8.61. The van der Waals surface area contributed by atoms with Gasteiger partial charge in [-0.3, -0.25) is 0 Å². The van der Waals surface area contributed by atoms with Gasteiger partial charge < -0.3 is 18.7 Å². The van der Waals surface area contributed by atoms with Crippen LogP contribution in [-0.4, -0.2) is 43.0 Å². The van der Waals surface area contributed by atoms with Gasteiger partial charge >= 0.3 is 8.60 Å². The van der Waals surface area contributed by atoms with E-state index >= 15 is 0 Å². The Kier molecular flexibility index (Phi) is 36.7. The van der Waals surface area contributed by atoms with E-state index in [1.807, 2.05) is 11.8 Å². The molecule has 0 atom stereocenters. The topological polar surface area (TPSA) is 47.9 Å². The first-order valence-electron chi connectivity index (χ1n) is 13.6. The summed E-state index contributed by atoms with van der Waals surface area (Å²) in [5, 5.41) is 8.61. The first-order valence-corrected chi connectivity index (χ1v) is 15.9. The van der Waals surface area contributed by atoms with Gasteiger partial charge in [0.2, 0.25) is 0 Å². The van der Waals surface area contributed by atoms with Crippen LogP contribution < -0.4 is 0 Å². The van der Waals surface area contributed by atoms with E-state index in [-0.39, 0.29) is 0 Å². The summed E-state index contributed by atoms with van der Waals surface area (Å²) in [6, 6.07) is 0. The quantitative estimate of drug-likeness (QED) is 0.101. The lowest BCUT2D eigenvalue weighted by Gasteiger charge is -2.16. The van der Waals surface area contributed by atoms with Crippen LogP contribution in [0, 0.1) is 0 Å². The second kappa shape index (κ2) is 33.8. The third-order valence-electron chi connectivity index (χ3n) is 4.96. The first kappa shape index (κ1) is 34.8. The molecule has 0 spiro atoms. The molecule has 0 saturated heterocycles. The fraction of sp³-hybridized carbons (Fsp3) is 1.00. The van der Waals surface area contributed by atoms with E-state index in [1.54, 1.807) is 0 Å². The van der Waals surface area contributed by atoms with Crippen molar-refractivity contribution in [2.45, 2.75) is 130 Å². The average Bonchev–Trinajstić information content (AvgIpc) is 2.80. The minimum absolute atomic E-state index is 0.336. The van der Waals surface area contributed by atoms with Crippen molar-refractivity contribution >= 4 is 20.4 Å². The van der Waals surface area contributed by atoms with Crippen molar-refractivity contribution in [3.8, 4) is 0 Å². The largest absolute Gasteiger partial charge is 0.396 e. The monoisotopic (exact) mass is 496 g/mol. The molecular formula is C26H57O4PS. The van der Waals surface area contributed by atoms with Gasteiger partial charge in [0.05, 0.1) is 26.4 Å². The van der Waals surface area contributed by atoms with Gasteiger partial charge in [0.25, 0.3) is 0 Å². The fourth-order valence-corrected chi connectivity index (χ4v) is 4.62. The van der Waals surface area contributed by atoms with Crippen molar-refractivity contribution in [3.63, 3.8) is 0 Å². The van der Waals surface area contributed by atoms with E-state index in [0.717, 1.165) is 64.1 Å². The van der Waals surface area contributed by atoms with Crippen molar-refractivity contribution < 1.29 is 18.7 Å². The van der Waals surface area contributed by atoms with Crippen LogP contribution in [0.3, 0.4) is 0 Å². The molecule has 0 unspecified atom stereocenters. The SMILES string of the molecule is CCCCCCCCCCCCSCCO.CCCCOP(OCCCC)OCCCC. The Labute approximate surface area is 207 Å². The van der Waals surface area contributed by atoms with Gasteiger partial charge in [0.1, 0.15) is 0 Å². The molecule has 0 fully saturated rings. The predicted octanol–water partition coefficient (Wildman–Crippen LogP) is 9.30. The lowest BCUT2D eigenvalue weighted by molar-refractivity contribution is 0.155. The number of aliphatic hydroxyl groups excluding tert-OH is 1. The zero-order valence-electron chi connectivity index (χ0n) is 22.1. The Morgan fingerprint density at radius 2 is 0.875 bits per heavy atom. The highest BCUT2D eigenvalue weighted by Gasteiger charge is 2.11. The van der Waals surface area contributed by atoms with Crippen LogP contribution in [0.15, 0.2) is 0 Å². The maximum Gasteiger partial charge on any atom is 0.332 e. The van der Waals surface area contributed by atoms with Crippen molar-refractivity contribution in [2.75, 3.05) is 37.9 Å². The highest BCUT2D eigenvalue weighted by Crippen LogP contribution is 2.40. The summed E-state index contributed by atoms with van der Waals surface area (Å²) in [4.78, 5) is 0. The highest BCUT2D eigenvalue weighted by atomic mass is 32.2. The average molecular weight is 497 g/mol. The second-order valence-corrected chi connectivity index (χ2v) is 10.7. The van der Waals surface area contributed by atoms with Gasteiger partial charge in [0.15, 0.2) is 0 Å². The van der Waals surface area contributed by atoms with Crippen LogP contribution in [0.25, 0.3) is 0 Å². The normalized spacial score (nSPS) is 11.1. The maximum absolute atomic E-state index is 8.61. The standard InChI is InChI=1S/C14H30OS.C12H27O3P/c1-2-3-4-5-6-7-8-9-10-11-13-16-14-12-15;1-4-7-10-13-16(14-11-8-5-2)15-12-9-6-3/h15H,2-14H2,1H3;4-12H2,1-3H3. The molecule has 32 heavy (non-hydrogen) atoms. The van der Waals surface area contributed by atoms with Crippen LogP contribution >= 0.6 is 20.4 Å². The Balaban J connectivity index is 0. The lowest BCUT2D eigenvalue weighted by atomic mass is 10.1. The van der Waals surface area contributed by atoms with E-state index in [0.29, 0.717) is 6.61 Å². The molecular weight excluding hydrogens is 439 g/mol. The Morgan fingerprint density at radius 3 is 1.25 bits per heavy atom. The first-order chi connectivity index (χ1) is 15.8. The molecule has 0 aromatic carbocycles. The van der Waals surface area contributed by atoms with Crippen LogP contribution in [0.1, 0.15) is 130 Å². The smallest absolute Gasteiger partial charge is 0.332 e. The molecule has 0 aliphatic heterocycles. The number of hydrogen-bond donors (Lipinski definition) is 1. The van der Waals surface area contributed by atoms with Crippen LogP contribution in [0.5, 0.6) is 0 Å². The second-order valence-electron chi connectivity index (χ2n) is 8.30. The van der Waals surface area contributed by atoms with Crippen molar-refractivity contribution in [3.05, 3.63) is 0 Å². The van der Waals surface area contributed by atoms with Gasteiger partial charge in [-0.1, -0.05) is 105 Å². The number of thioether (sulfide) groups is 1. The molecule has 0 aliphatic rings. The minimum atomic E-state index is -1.10. The van der Waals surface area contributed by atoms with Crippen molar-refractivity contribution in [2.24, 2.45) is 0 Å². The molecule has 0 radical (unpaired) electrons. The zero-order valence-corrected chi connectivity index (χ0v) is 23.8. The summed E-state index contributed by atoms with van der Waals surface area (Å²) in [5.41, 5.74) is 0. The fourth-order valence-electron chi connectivity index (χ4n) is 2.82. The van der Waals surface area contributed by atoms with Crippen molar-refractivity contribution in [1.29, 1.82) is 0 Å². The molecule has 0 heterocycles. The molecule has 4 nitrogen and oxygen atoms in total. The van der Waals surface area contributed by atoms with E-state index in [2.05, 4.69) is 27.7 Å². The number of hydrogen-bond acceptors (Lipinski definition) is 5. The predicted molar refractivity (Wildman–Crippen MR) is 146 cm³/mol. The molecule has 0 saturated carbocycles. The number of rotatable bonds is 25. The van der Waals surface area contributed by atoms with Gasteiger partial charge in [-0.2, -0.15) is 11.8 Å². The third-order valence-corrected chi connectivity index (χ3v) is 7.19. The van der Waals surface area contributed by atoms with E-state index in [1.165, 1.54) is 70.0 Å². The molecule has 0 aromatic rings. The molecule has 0 bridgehead atoms. The summed E-state index contributed by atoms with van der Waals surface area (Å²) in [6.45, 7) is 11.3. The highest BCUT2D eigenvalue weighted by molar-refractivity contribution is 7.99. The summed E-state index contributed by atoms with van der Waals surface area (Å²) >= 11 is 1.88. The Bertz CT molecular complexity index is 274. The van der Waals surface area contributed by atoms with Gasteiger partial charge in [-0.25, -0.2) is 0 Å². The van der Waals surface area contributed by atoms with Crippen LogP contribution in [0.2, 0.25) is 0 Å². The summed E-state index contributed by atoms with van der Waals surface area (Å²) in [6.07, 6.45) is 20.8. The molecule has 0 aromatic heterocycles. The summed E-state index contributed by atoms with van der Waals surface area (Å²) in [7, 11) is -1.10. The zero-order chi connectivity index (χ0) is 24.0. The van der Waals surface area contributed by atoms with E-state index in [4.69, 9.17) is 18.7 Å². The molecule has 196 valence electrons. The summed E-state index contributed by atoms with van der Waals surface area (Å²) in [5.74, 6) is 2.15. The van der Waals surface area contributed by atoms with Gasteiger partial charge in [-0.05, 0) is 31.4 Å². The molecule has 0 aliphatic carbocycles. The number of unbranched alkanes of at least 4 members (excludes halogenated alkanes) is 12. The van der Waals surface area contributed by atoms with Crippen molar-refractivity contribution in [1.82, 2.24) is 0 Å². The van der Waals surface area contributed by atoms with Gasteiger partial charge in [-0.15, -0.1) is 0 Å². The third kappa shape index (κ3) is 32.8. The van der Waals surface area contributed by atoms with Crippen LogP contribution in [0.4, 0.5) is 0 Å². The summed E-state index contributed by atoms with van der Waals surface area (Å²) < 4.78 is 16.8. The molecule has 6 heteroatoms. The van der Waals surface area contributed by atoms with E-state index < -0.39 is 8.60 Å². The lowest BCUT2D eigenvalue weighted by Crippen LogP contribution is -1.99.